The predicted octanol–water partition coefficient (Wildman–Crippen LogP) is 1.93. The molecule has 2 heterocycles. The first-order valence-electron chi connectivity index (χ1n) is 8.47. The first-order chi connectivity index (χ1) is 9.31. The van der Waals surface area contributed by atoms with E-state index in [1.54, 1.807) is 0 Å². The summed E-state index contributed by atoms with van der Waals surface area (Å²) in [5.74, 6) is 1.03. The Bertz CT molecular complexity index is 271. The van der Waals surface area contributed by atoms with Crippen LogP contribution in [0.4, 0.5) is 0 Å². The summed E-state index contributed by atoms with van der Waals surface area (Å²) < 4.78 is 0. The lowest BCUT2D eigenvalue weighted by Gasteiger charge is -2.33. The molecule has 0 aromatic rings. The van der Waals surface area contributed by atoms with Crippen LogP contribution >= 0.6 is 0 Å². The van der Waals surface area contributed by atoms with Crippen LogP contribution in [0, 0.1) is 5.92 Å². The lowest BCUT2D eigenvalue weighted by molar-refractivity contribution is 0.157. The zero-order chi connectivity index (χ0) is 13.1. The molecular weight excluding hydrogens is 234 g/mol. The highest BCUT2D eigenvalue weighted by Gasteiger charge is 2.30. The van der Waals surface area contributed by atoms with E-state index >= 15 is 0 Å². The van der Waals surface area contributed by atoms with Crippen LogP contribution < -0.4 is 5.32 Å². The Morgan fingerprint density at radius 1 is 1.00 bits per heavy atom. The summed E-state index contributed by atoms with van der Waals surface area (Å²) in [6.07, 6.45) is 9.95. The van der Waals surface area contributed by atoms with E-state index in [4.69, 9.17) is 0 Å². The van der Waals surface area contributed by atoms with Gasteiger partial charge in [0.25, 0.3) is 0 Å². The quantitative estimate of drug-likeness (QED) is 0.819. The number of hydrogen-bond acceptors (Lipinski definition) is 3. The van der Waals surface area contributed by atoms with Crippen LogP contribution in [-0.4, -0.2) is 61.7 Å². The summed E-state index contributed by atoms with van der Waals surface area (Å²) >= 11 is 0. The summed E-state index contributed by atoms with van der Waals surface area (Å²) in [4.78, 5) is 5.38. The second-order valence-corrected chi connectivity index (χ2v) is 7.08. The molecule has 3 heteroatoms. The van der Waals surface area contributed by atoms with Crippen molar-refractivity contribution in [2.45, 2.75) is 57.0 Å². The molecule has 0 aromatic carbocycles. The zero-order valence-electron chi connectivity index (χ0n) is 12.6. The van der Waals surface area contributed by atoms with E-state index in [2.05, 4.69) is 22.2 Å². The topological polar surface area (TPSA) is 18.5 Å². The maximum Gasteiger partial charge on any atom is 0.0195 e. The molecule has 3 fully saturated rings. The van der Waals surface area contributed by atoms with Crippen molar-refractivity contribution in [3.63, 3.8) is 0 Å². The van der Waals surface area contributed by atoms with Crippen molar-refractivity contribution in [3.8, 4) is 0 Å². The third-order valence-corrected chi connectivity index (χ3v) is 5.24. The summed E-state index contributed by atoms with van der Waals surface area (Å²) in [6.45, 7) is 6.53. The minimum absolute atomic E-state index is 0.778. The van der Waals surface area contributed by atoms with Gasteiger partial charge in [0.15, 0.2) is 0 Å². The largest absolute Gasteiger partial charge is 0.313 e. The van der Waals surface area contributed by atoms with Crippen molar-refractivity contribution in [2.75, 3.05) is 39.8 Å². The van der Waals surface area contributed by atoms with Gasteiger partial charge < -0.3 is 10.2 Å². The SMILES string of the molecule is CN1CCCC(N(CC2CC2)CC2CCCN2)CC1. The van der Waals surface area contributed by atoms with Gasteiger partial charge in [0.05, 0.1) is 0 Å². The summed E-state index contributed by atoms with van der Waals surface area (Å²) in [5.41, 5.74) is 0. The van der Waals surface area contributed by atoms with Crippen LogP contribution in [0.3, 0.4) is 0 Å². The molecule has 1 saturated carbocycles. The fraction of sp³-hybridized carbons (Fsp3) is 1.00. The molecule has 2 aliphatic heterocycles. The van der Waals surface area contributed by atoms with Gasteiger partial charge in [-0.05, 0) is 77.5 Å². The number of nitrogens with zero attached hydrogens (tertiary/aromatic N) is 2. The monoisotopic (exact) mass is 265 g/mol. The second-order valence-electron chi connectivity index (χ2n) is 7.08. The normalized spacial score (nSPS) is 33.8. The molecule has 2 saturated heterocycles. The molecule has 3 rings (SSSR count). The molecular formula is C16H31N3. The van der Waals surface area contributed by atoms with Crippen LogP contribution in [-0.2, 0) is 0 Å². The molecule has 0 aromatic heterocycles. The second kappa shape index (κ2) is 6.55. The van der Waals surface area contributed by atoms with Gasteiger partial charge in [-0.1, -0.05) is 0 Å². The summed E-state index contributed by atoms with van der Waals surface area (Å²) in [5, 5.41) is 3.69. The highest BCUT2D eigenvalue weighted by atomic mass is 15.2. The molecule has 19 heavy (non-hydrogen) atoms. The molecule has 3 nitrogen and oxygen atoms in total. The maximum absolute atomic E-state index is 3.69. The van der Waals surface area contributed by atoms with E-state index in [1.807, 2.05) is 0 Å². The van der Waals surface area contributed by atoms with Crippen LogP contribution in [0.1, 0.15) is 44.9 Å². The van der Waals surface area contributed by atoms with Gasteiger partial charge in [-0.3, -0.25) is 4.90 Å². The minimum atomic E-state index is 0.778. The minimum Gasteiger partial charge on any atom is -0.313 e. The van der Waals surface area contributed by atoms with Gasteiger partial charge in [0.1, 0.15) is 0 Å². The molecule has 0 radical (unpaired) electrons. The molecule has 1 aliphatic carbocycles. The number of likely N-dealkylation sites (tertiary alicyclic amines) is 1. The van der Waals surface area contributed by atoms with Crippen molar-refractivity contribution in [1.82, 2.24) is 15.1 Å². The van der Waals surface area contributed by atoms with E-state index in [-0.39, 0.29) is 0 Å². The summed E-state index contributed by atoms with van der Waals surface area (Å²) in [7, 11) is 2.28. The van der Waals surface area contributed by atoms with Crippen molar-refractivity contribution in [1.29, 1.82) is 0 Å². The molecule has 3 aliphatic rings. The van der Waals surface area contributed by atoms with Gasteiger partial charge in [-0.15, -0.1) is 0 Å². The van der Waals surface area contributed by atoms with Gasteiger partial charge in [-0.2, -0.15) is 0 Å². The fourth-order valence-electron chi connectivity index (χ4n) is 3.79. The van der Waals surface area contributed by atoms with Crippen LogP contribution in [0.25, 0.3) is 0 Å². The van der Waals surface area contributed by atoms with Crippen LogP contribution in [0.2, 0.25) is 0 Å². The van der Waals surface area contributed by atoms with Crippen molar-refractivity contribution < 1.29 is 0 Å². The number of rotatable bonds is 5. The fourth-order valence-corrected chi connectivity index (χ4v) is 3.79. The average Bonchev–Trinajstić information content (AvgIpc) is 3.11. The van der Waals surface area contributed by atoms with E-state index in [1.165, 1.54) is 77.7 Å². The Morgan fingerprint density at radius 2 is 1.89 bits per heavy atom. The van der Waals surface area contributed by atoms with Crippen LogP contribution in [0.15, 0.2) is 0 Å². The van der Waals surface area contributed by atoms with E-state index in [0.717, 1.165) is 18.0 Å². The van der Waals surface area contributed by atoms with Crippen molar-refractivity contribution >= 4 is 0 Å². The highest BCUT2D eigenvalue weighted by Crippen LogP contribution is 2.31. The Hall–Kier alpha value is -0.120. The Labute approximate surface area is 118 Å². The molecule has 2 unspecified atom stereocenters. The third-order valence-electron chi connectivity index (χ3n) is 5.24. The molecule has 0 amide bonds. The lowest BCUT2D eigenvalue weighted by Crippen LogP contribution is -2.44. The Balaban J connectivity index is 1.56. The molecule has 110 valence electrons. The number of hydrogen-bond donors (Lipinski definition) is 1. The summed E-state index contributed by atoms with van der Waals surface area (Å²) in [6, 6.07) is 1.63. The number of nitrogens with one attached hydrogen (secondary N) is 1. The van der Waals surface area contributed by atoms with E-state index < -0.39 is 0 Å². The van der Waals surface area contributed by atoms with Crippen molar-refractivity contribution in [3.05, 3.63) is 0 Å². The standard InChI is InChI=1S/C16H31N3/c1-18-10-3-5-16(8-11-18)19(12-14-6-7-14)13-15-4-2-9-17-15/h14-17H,2-13H2,1H3. The van der Waals surface area contributed by atoms with Gasteiger partial charge in [0, 0.05) is 25.2 Å². The van der Waals surface area contributed by atoms with Gasteiger partial charge in [0.2, 0.25) is 0 Å². The van der Waals surface area contributed by atoms with Crippen molar-refractivity contribution in [2.24, 2.45) is 5.92 Å². The van der Waals surface area contributed by atoms with E-state index in [0.29, 0.717) is 0 Å². The average molecular weight is 265 g/mol. The van der Waals surface area contributed by atoms with E-state index in [9.17, 15) is 0 Å². The highest BCUT2D eigenvalue weighted by molar-refractivity contribution is 4.87. The lowest BCUT2D eigenvalue weighted by atomic mass is 10.1. The first-order valence-corrected chi connectivity index (χ1v) is 8.47. The third kappa shape index (κ3) is 4.17. The first kappa shape index (κ1) is 13.8. The Morgan fingerprint density at radius 3 is 2.63 bits per heavy atom. The maximum atomic E-state index is 3.69. The molecule has 0 spiro atoms. The van der Waals surface area contributed by atoms with Gasteiger partial charge in [-0.25, -0.2) is 0 Å². The predicted molar refractivity (Wildman–Crippen MR) is 80.5 cm³/mol. The zero-order valence-corrected chi connectivity index (χ0v) is 12.6. The molecule has 2 atom stereocenters. The Kier molecular flexibility index (Phi) is 4.78. The molecule has 0 bridgehead atoms. The van der Waals surface area contributed by atoms with Gasteiger partial charge >= 0.3 is 0 Å². The van der Waals surface area contributed by atoms with Crippen LogP contribution in [0.5, 0.6) is 0 Å². The smallest absolute Gasteiger partial charge is 0.0195 e. The molecule has 1 N–H and O–H groups in total.